The Bertz CT molecular complexity index is 159. The lowest BCUT2D eigenvalue weighted by Gasteiger charge is -2.16. The van der Waals surface area contributed by atoms with E-state index in [1.165, 1.54) is 6.08 Å². The highest BCUT2D eigenvalue weighted by Crippen LogP contribution is 1.90. The fourth-order valence-corrected chi connectivity index (χ4v) is 0.890. The van der Waals surface area contributed by atoms with Crippen molar-refractivity contribution >= 4 is 5.91 Å². The Hall–Kier alpha value is -0.910. The number of hydrogen-bond donors (Lipinski definition) is 2. The van der Waals surface area contributed by atoms with Crippen molar-refractivity contribution < 1.29 is 4.79 Å². The summed E-state index contributed by atoms with van der Waals surface area (Å²) < 4.78 is 0. The van der Waals surface area contributed by atoms with Crippen LogP contribution < -0.4 is 11.7 Å². The second-order valence-corrected chi connectivity index (χ2v) is 3.12. The Kier molecular flexibility index (Phi) is 11.3. The summed E-state index contributed by atoms with van der Waals surface area (Å²) in [6, 6.07) is 0. The van der Waals surface area contributed by atoms with Gasteiger partial charge >= 0.3 is 0 Å². The number of likely N-dealkylation sites (N-methyl/N-ethyl adjacent to an activating group) is 1. The molecule has 4 N–H and O–H groups in total. The highest BCUT2D eigenvalue weighted by Gasteiger charge is 2.02. The van der Waals surface area contributed by atoms with E-state index >= 15 is 0 Å². The van der Waals surface area contributed by atoms with Crippen LogP contribution in [0.2, 0.25) is 0 Å². The number of carbonyl (C=O) groups is 1. The van der Waals surface area contributed by atoms with Crippen molar-refractivity contribution in [2.24, 2.45) is 11.7 Å². The zero-order valence-corrected chi connectivity index (χ0v) is 9.36. The van der Waals surface area contributed by atoms with Crippen LogP contribution in [0, 0.1) is 0 Å². The van der Waals surface area contributed by atoms with Crippen LogP contribution in [0.3, 0.4) is 0 Å². The highest BCUT2D eigenvalue weighted by molar-refractivity contribution is 5.86. The normalized spacial score (nSPS) is 9.00. The molecule has 0 spiro atoms. The first kappa shape index (κ1) is 15.6. The molecule has 0 fully saturated rings. The lowest BCUT2D eigenvalue weighted by Crippen LogP contribution is -2.28. The molecule has 0 aliphatic rings. The lowest BCUT2D eigenvalue weighted by atomic mass is 10.3. The van der Waals surface area contributed by atoms with E-state index in [0.717, 1.165) is 19.5 Å². The van der Waals surface area contributed by atoms with Crippen LogP contribution in [0.25, 0.3) is 0 Å². The summed E-state index contributed by atoms with van der Waals surface area (Å²) in [5.41, 5.74) is 0. The second-order valence-electron chi connectivity index (χ2n) is 3.12. The van der Waals surface area contributed by atoms with Gasteiger partial charge in [-0.2, -0.15) is 0 Å². The van der Waals surface area contributed by atoms with E-state index < -0.39 is 0 Å². The first-order chi connectivity index (χ1) is 6.57. The number of nitrogens with two attached hydrogens (primary N) is 2. The fraction of sp³-hybridized carbons (Fsp3) is 0.667. The van der Waals surface area contributed by atoms with Gasteiger partial charge in [0.05, 0.1) is 0 Å². The summed E-state index contributed by atoms with van der Waals surface area (Å²) in [7, 11) is 5.84. The Morgan fingerprint density at radius 1 is 1.29 bits per heavy atom. The smallest absolute Gasteiger partial charge is 0.245 e. The minimum absolute atomic E-state index is 0.00578. The maximum Gasteiger partial charge on any atom is 0.245 e. The summed E-state index contributed by atoms with van der Waals surface area (Å²) in [5.74, 6) is 7.99. The molecule has 0 aliphatic carbocycles. The van der Waals surface area contributed by atoms with E-state index in [0.29, 0.717) is 0 Å². The first-order valence-electron chi connectivity index (χ1n) is 4.43. The molecule has 0 bridgehead atoms. The van der Waals surface area contributed by atoms with Crippen LogP contribution in [0.15, 0.2) is 12.7 Å². The third-order valence-electron chi connectivity index (χ3n) is 1.65. The lowest BCUT2D eigenvalue weighted by molar-refractivity contribution is -0.124. The maximum atomic E-state index is 11.0. The third-order valence-corrected chi connectivity index (χ3v) is 1.65. The van der Waals surface area contributed by atoms with Crippen molar-refractivity contribution in [1.82, 2.24) is 9.80 Å². The zero-order valence-electron chi connectivity index (χ0n) is 9.36. The zero-order chi connectivity index (χ0) is 11.6. The van der Waals surface area contributed by atoms with Crippen LogP contribution >= 0.6 is 0 Å². The molecule has 0 aromatic heterocycles. The molecular weight excluding hydrogens is 180 g/mol. The van der Waals surface area contributed by atoms with E-state index in [4.69, 9.17) is 0 Å². The molecule has 0 atom stereocenters. The van der Waals surface area contributed by atoms with Crippen LogP contribution in [0.5, 0.6) is 0 Å². The minimum atomic E-state index is -0.00578. The van der Waals surface area contributed by atoms with Crippen LogP contribution in [-0.4, -0.2) is 49.9 Å². The van der Waals surface area contributed by atoms with Crippen molar-refractivity contribution in [3.8, 4) is 0 Å². The molecule has 0 radical (unpaired) electrons. The van der Waals surface area contributed by atoms with Gasteiger partial charge < -0.3 is 9.80 Å². The molecule has 0 rings (SSSR count). The van der Waals surface area contributed by atoms with Gasteiger partial charge in [0.1, 0.15) is 0 Å². The number of hydrazine groups is 1. The van der Waals surface area contributed by atoms with Gasteiger partial charge in [-0.15, -0.1) is 0 Å². The Morgan fingerprint density at radius 3 is 2.14 bits per heavy atom. The van der Waals surface area contributed by atoms with Crippen molar-refractivity contribution in [1.29, 1.82) is 0 Å². The van der Waals surface area contributed by atoms with Crippen molar-refractivity contribution in [3.05, 3.63) is 12.7 Å². The largest absolute Gasteiger partial charge is 0.342 e. The molecule has 14 heavy (non-hydrogen) atoms. The van der Waals surface area contributed by atoms with E-state index in [-0.39, 0.29) is 5.91 Å². The van der Waals surface area contributed by atoms with E-state index in [2.05, 4.69) is 23.2 Å². The van der Waals surface area contributed by atoms with Crippen LogP contribution in [0.4, 0.5) is 0 Å². The summed E-state index contributed by atoms with van der Waals surface area (Å²) >= 11 is 0. The van der Waals surface area contributed by atoms with Gasteiger partial charge in [-0.05, 0) is 33.1 Å². The molecule has 0 saturated heterocycles. The number of nitrogens with zero attached hydrogens (tertiary/aromatic N) is 2. The monoisotopic (exact) mass is 202 g/mol. The second kappa shape index (κ2) is 10.2. The van der Waals surface area contributed by atoms with Gasteiger partial charge in [-0.25, -0.2) is 0 Å². The van der Waals surface area contributed by atoms with Gasteiger partial charge in [0.25, 0.3) is 0 Å². The number of carbonyl (C=O) groups excluding carboxylic acids is 1. The van der Waals surface area contributed by atoms with E-state index in [1.54, 1.807) is 11.9 Å². The number of amides is 1. The van der Waals surface area contributed by atoms with Gasteiger partial charge in [0, 0.05) is 13.6 Å². The molecule has 0 unspecified atom stereocenters. The highest BCUT2D eigenvalue weighted by atomic mass is 16.2. The van der Waals surface area contributed by atoms with Crippen molar-refractivity contribution in [2.45, 2.75) is 6.42 Å². The Labute approximate surface area is 86.3 Å². The molecule has 0 aromatic carbocycles. The third kappa shape index (κ3) is 9.18. The molecule has 0 aromatic rings. The molecule has 84 valence electrons. The van der Waals surface area contributed by atoms with E-state index in [1.807, 2.05) is 14.1 Å². The summed E-state index contributed by atoms with van der Waals surface area (Å²) in [6.45, 7) is 5.23. The SMILES string of the molecule is C=CC(=O)N(C)CCCN(C)C.NN. The predicted octanol–water partition coefficient (Wildman–Crippen LogP) is -0.599. The number of rotatable bonds is 5. The topological polar surface area (TPSA) is 75.6 Å². The summed E-state index contributed by atoms with van der Waals surface area (Å²) in [6.07, 6.45) is 2.35. The van der Waals surface area contributed by atoms with Crippen molar-refractivity contribution in [2.75, 3.05) is 34.2 Å². The summed E-state index contributed by atoms with van der Waals surface area (Å²) in [4.78, 5) is 14.8. The fourth-order valence-electron chi connectivity index (χ4n) is 0.890. The van der Waals surface area contributed by atoms with Crippen LogP contribution in [-0.2, 0) is 4.79 Å². The molecular formula is C9H22N4O. The molecule has 1 amide bonds. The number of hydrogen-bond acceptors (Lipinski definition) is 4. The molecule has 0 saturated carbocycles. The van der Waals surface area contributed by atoms with Crippen LogP contribution in [0.1, 0.15) is 6.42 Å². The molecule has 5 heteroatoms. The van der Waals surface area contributed by atoms with Crippen molar-refractivity contribution in [3.63, 3.8) is 0 Å². The predicted molar refractivity (Wildman–Crippen MR) is 59.4 cm³/mol. The minimum Gasteiger partial charge on any atom is -0.342 e. The molecule has 5 nitrogen and oxygen atoms in total. The standard InChI is InChI=1S/C9H18N2O.H4N2/c1-5-9(12)11(4)8-6-7-10(2)3;1-2/h5H,1,6-8H2,2-4H3;1-2H2. The maximum absolute atomic E-state index is 11.0. The van der Waals surface area contributed by atoms with Gasteiger partial charge in [-0.1, -0.05) is 6.58 Å². The quantitative estimate of drug-likeness (QED) is 0.355. The van der Waals surface area contributed by atoms with Gasteiger partial charge in [0.15, 0.2) is 0 Å². The Balaban J connectivity index is 0. The van der Waals surface area contributed by atoms with Gasteiger partial charge in [-0.3, -0.25) is 16.5 Å². The average Bonchev–Trinajstić information content (AvgIpc) is 2.19. The van der Waals surface area contributed by atoms with Gasteiger partial charge in [0.2, 0.25) is 5.91 Å². The average molecular weight is 202 g/mol. The summed E-state index contributed by atoms with van der Waals surface area (Å²) in [5, 5.41) is 0. The molecule has 0 aliphatic heterocycles. The van der Waals surface area contributed by atoms with E-state index in [9.17, 15) is 4.79 Å². The Morgan fingerprint density at radius 2 is 1.79 bits per heavy atom. The first-order valence-corrected chi connectivity index (χ1v) is 4.43. The molecule has 0 heterocycles.